The van der Waals surface area contributed by atoms with Gasteiger partial charge in [0.05, 0.1) is 25.2 Å². The monoisotopic (exact) mass is 448 g/mol. The standard InChI is InChI=1S/C21H28N4O3S2/c1-24(30(2,26)27)20-9-5-8-19(14-20)23-21(29)22-15-17-6-3-4-7-18(17)16-25-10-12-28-13-11-25/h3-9,14H,10-13,15-16H2,1-2H3,(H2,22,23,29). The number of rotatable bonds is 7. The Morgan fingerprint density at radius 3 is 2.53 bits per heavy atom. The van der Waals surface area contributed by atoms with Crippen LogP contribution >= 0.6 is 12.2 Å². The summed E-state index contributed by atoms with van der Waals surface area (Å²) in [5.41, 5.74) is 3.76. The van der Waals surface area contributed by atoms with Crippen molar-refractivity contribution in [3.63, 3.8) is 0 Å². The molecule has 2 N–H and O–H groups in total. The first kappa shape index (κ1) is 22.5. The number of anilines is 2. The molecule has 0 bridgehead atoms. The average Bonchev–Trinajstić information content (AvgIpc) is 2.73. The molecule has 3 rings (SSSR count). The molecular weight excluding hydrogens is 420 g/mol. The number of nitrogens with one attached hydrogen (secondary N) is 2. The second-order valence-corrected chi connectivity index (χ2v) is 9.67. The summed E-state index contributed by atoms with van der Waals surface area (Å²) in [4.78, 5) is 2.39. The number of morpholine rings is 1. The van der Waals surface area contributed by atoms with Gasteiger partial charge in [-0.05, 0) is 41.5 Å². The molecule has 0 unspecified atom stereocenters. The topological polar surface area (TPSA) is 73.9 Å². The van der Waals surface area contributed by atoms with Gasteiger partial charge >= 0.3 is 0 Å². The van der Waals surface area contributed by atoms with Gasteiger partial charge in [0.25, 0.3) is 0 Å². The third-order valence-electron chi connectivity index (χ3n) is 5.02. The molecule has 2 aromatic rings. The number of benzene rings is 2. The fraction of sp³-hybridized carbons (Fsp3) is 0.381. The van der Waals surface area contributed by atoms with Gasteiger partial charge in [-0.15, -0.1) is 0 Å². The maximum atomic E-state index is 11.8. The minimum Gasteiger partial charge on any atom is -0.379 e. The van der Waals surface area contributed by atoms with Gasteiger partial charge in [0.1, 0.15) is 0 Å². The Hall–Kier alpha value is -2.20. The molecule has 0 radical (unpaired) electrons. The smallest absolute Gasteiger partial charge is 0.231 e. The van der Waals surface area contributed by atoms with Crippen LogP contribution in [0.4, 0.5) is 11.4 Å². The van der Waals surface area contributed by atoms with Crippen LogP contribution in [0.2, 0.25) is 0 Å². The zero-order valence-corrected chi connectivity index (χ0v) is 18.9. The van der Waals surface area contributed by atoms with Crippen molar-refractivity contribution in [3.05, 3.63) is 59.7 Å². The number of ether oxygens (including phenoxy) is 1. The highest BCUT2D eigenvalue weighted by Gasteiger charge is 2.14. The van der Waals surface area contributed by atoms with Crippen molar-refractivity contribution in [2.24, 2.45) is 0 Å². The van der Waals surface area contributed by atoms with E-state index in [4.69, 9.17) is 17.0 Å². The highest BCUT2D eigenvalue weighted by atomic mass is 32.2. The lowest BCUT2D eigenvalue weighted by Gasteiger charge is -2.27. The quantitative estimate of drug-likeness (QED) is 0.630. The van der Waals surface area contributed by atoms with Gasteiger partial charge in [-0.25, -0.2) is 8.42 Å². The molecule has 1 aliphatic rings. The van der Waals surface area contributed by atoms with E-state index in [1.807, 2.05) is 12.1 Å². The van der Waals surface area contributed by atoms with E-state index in [1.165, 1.54) is 28.7 Å². The minimum absolute atomic E-state index is 0.482. The molecule has 9 heteroatoms. The van der Waals surface area contributed by atoms with Gasteiger partial charge in [-0.3, -0.25) is 9.21 Å². The van der Waals surface area contributed by atoms with Crippen molar-refractivity contribution in [1.29, 1.82) is 0 Å². The summed E-state index contributed by atoms with van der Waals surface area (Å²) in [6.07, 6.45) is 1.17. The Balaban J connectivity index is 1.59. The fourth-order valence-electron chi connectivity index (χ4n) is 3.21. The van der Waals surface area contributed by atoms with Crippen LogP contribution in [0, 0.1) is 0 Å². The molecule has 162 valence electrons. The van der Waals surface area contributed by atoms with E-state index in [2.05, 4.69) is 33.7 Å². The number of hydrogen-bond donors (Lipinski definition) is 2. The van der Waals surface area contributed by atoms with E-state index in [0.717, 1.165) is 38.5 Å². The molecule has 1 fully saturated rings. The van der Waals surface area contributed by atoms with Gasteiger partial charge in [-0.2, -0.15) is 0 Å². The Morgan fingerprint density at radius 2 is 1.83 bits per heavy atom. The summed E-state index contributed by atoms with van der Waals surface area (Å²) in [5.74, 6) is 0. The molecule has 30 heavy (non-hydrogen) atoms. The van der Waals surface area contributed by atoms with Gasteiger partial charge in [0.2, 0.25) is 10.0 Å². The Bertz CT molecular complexity index is 976. The van der Waals surface area contributed by atoms with Crippen molar-refractivity contribution >= 4 is 38.7 Å². The molecule has 0 aromatic heterocycles. The van der Waals surface area contributed by atoms with Crippen LogP contribution in [0.15, 0.2) is 48.5 Å². The zero-order chi connectivity index (χ0) is 21.6. The Labute approximate surface area is 184 Å². The molecule has 1 aliphatic heterocycles. The number of nitrogens with zero attached hydrogens (tertiary/aromatic N) is 2. The summed E-state index contributed by atoms with van der Waals surface area (Å²) in [5, 5.41) is 6.86. The summed E-state index contributed by atoms with van der Waals surface area (Å²) in [7, 11) is -1.79. The lowest BCUT2D eigenvalue weighted by Crippen LogP contribution is -2.36. The predicted molar refractivity (Wildman–Crippen MR) is 125 cm³/mol. The molecule has 0 aliphatic carbocycles. The van der Waals surface area contributed by atoms with Crippen LogP contribution in [-0.2, 0) is 27.8 Å². The lowest BCUT2D eigenvalue weighted by molar-refractivity contribution is 0.0341. The van der Waals surface area contributed by atoms with Crippen molar-refractivity contribution in [2.75, 3.05) is 49.2 Å². The lowest BCUT2D eigenvalue weighted by atomic mass is 10.1. The molecule has 7 nitrogen and oxygen atoms in total. The fourth-order valence-corrected chi connectivity index (χ4v) is 3.89. The van der Waals surface area contributed by atoms with Crippen molar-refractivity contribution < 1.29 is 13.2 Å². The van der Waals surface area contributed by atoms with E-state index >= 15 is 0 Å². The van der Waals surface area contributed by atoms with E-state index in [0.29, 0.717) is 17.3 Å². The van der Waals surface area contributed by atoms with E-state index in [9.17, 15) is 8.42 Å². The van der Waals surface area contributed by atoms with Crippen LogP contribution in [0.5, 0.6) is 0 Å². The third kappa shape index (κ3) is 6.40. The first-order valence-electron chi connectivity index (χ1n) is 9.78. The third-order valence-corrected chi connectivity index (χ3v) is 6.47. The van der Waals surface area contributed by atoms with Crippen molar-refractivity contribution in [1.82, 2.24) is 10.2 Å². The van der Waals surface area contributed by atoms with E-state index in [1.54, 1.807) is 18.2 Å². The van der Waals surface area contributed by atoms with Gasteiger partial charge < -0.3 is 15.4 Å². The second kappa shape index (κ2) is 10.2. The SMILES string of the molecule is CN(c1cccc(NC(=S)NCc2ccccc2CN2CCOCC2)c1)S(C)(=O)=O. The maximum absolute atomic E-state index is 11.8. The second-order valence-electron chi connectivity index (χ2n) is 7.25. The first-order chi connectivity index (χ1) is 14.3. The average molecular weight is 449 g/mol. The summed E-state index contributed by atoms with van der Waals surface area (Å²) in [6, 6.07) is 15.5. The molecule has 0 spiro atoms. The summed E-state index contributed by atoms with van der Waals surface area (Å²) in [6.45, 7) is 4.95. The number of sulfonamides is 1. The normalized spacial score (nSPS) is 14.9. The molecule has 1 saturated heterocycles. The van der Waals surface area contributed by atoms with E-state index in [-0.39, 0.29) is 0 Å². The van der Waals surface area contributed by atoms with Crippen LogP contribution in [0.25, 0.3) is 0 Å². The number of thiocarbonyl (C=S) groups is 1. The number of hydrogen-bond acceptors (Lipinski definition) is 5. The highest BCUT2D eigenvalue weighted by Crippen LogP contribution is 2.20. The van der Waals surface area contributed by atoms with Crippen LogP contribution < -0.4 is 14.9 Å². The highest BCUT2D eigenvalue weighted by molar-refractivity contribution is 7.92. The summed E-state index contributed by atoms with van der Waals surface area (Å²) >= 11 is 5.44. The molecule has 0 atom stereocenters. The molecule has 2 aromatic carbocycles. The molecule has 0 amide bonds. The predicted octanol–water partition coefficient (Wildman–Crippen LogP) is 2.40. The minimum atomic E-state index is -3.32. The van der Waals surface area contributed by atoms with Gasteiger partial charge in [0, 0.05) is 38.9 Å². The van der Waals surface area contributed by atoms with Crippen LogP contribution in [0.3, 0.4) is 0 Å². The molecular formula is C21H28N4O3S2. The van der Waals surface area contributed by atoms with Crippen LogP contribution in [-0.4, -0.2) is 58.0 Å². The Morgan fingerprint density at radius 1 is 1.13 bits per heavy atom. The van der Waals surface area contributed by atoms with Crippen molar-refractivity contribution in [3.8, 4) is 0 Å². The first-order valence-corrected chi connectivity index (χ1v) is 12.0. The molecule has 1 heterocycles. The maximum Gasteiger partial charge on any atom is 0.231 e. The van der Waals surface area contributed by atoms with Crippen LogP contribution in [0.1, 0.15) is 11.1 Å². The molecule has 0 saturated carbocycles. The summed E-state index contributed by atoms with van der Waals surface area (Å²) < 4.78 is 30.2. The van der Waals surface area contributed by atoms with Crippen molar-refractivity contribution in [2.45, 2.75) is 13.1 Å². The van der Waals surface area contributed by atoms with E-state index < -0.39 is 10.0 Å². The largest absolute Gasteiger partial charge is 0.379 e. The zero-order valence-electron chi connectivity index (χ0n) is 17.3. The Kier molecular flexibility index (Phi) is 7.65. The van der Waals surface area contributed by atoms with Gasteiger partial charge in [-0.1, -0.05) is 30.3 Å². The van der Waals surface area contributed by atoms with Gasteiger partial charge in [0.15, 0.2) is 5.11 Å².